The highest BCUT2D eigenvalue weighted by atomic mass is 16.5. The first-order valence-corrected chi connectivity index (χ1v) is 9.13. The molecule has 0 saturated heterocycles. The van der Waals surface area contributed by atoms with Crippen LogP contribution < -0.4 is 15.1 Å². The Labute approximate surface area is 164 Å². The predicted octanol–water partition coefficient (Wildman–Crippen LogP) is 3.71. The van der Waals surface area contributed by atoms with Crippen LogP contribution in [0.1, 0.15) is 12.0 Å². The summed E-state index contributed by atoms with van der Waals surface area (Å²) in [4.78, 5) is 13.5. The smallest absolute Gasteiger partial charge is 0.336 e. The van der Waals surface area contributed by atoms with E-state index in [1.54, 1.807) is 19.2 Å². The summed E-state index contributed by atoms with van der Waals surface area (Å²) >= 11 is 0. The van der Waals surface area contributed by atoms with Crippen LogP contribution in [0.3, 0.4) is 0 Å². The molecule has 0 N–H and O–H groups in total. The normalized spacial score (nSPS) is 10.8. The number of nitrogens with zero attached hydrogens (tertiary/aromatic N) is 1. The monoisotopic (exact) mass is 377 g/mol. The van der Waals surface area contributed by atoms with Crippen LogP contribution in [-0.2, 0) is 6.54 Å². The third-order valence-corrected chi connectivity index (χ3v) is 4.34. The van der Waals surface area contributed by atoms with Crippen molar-refractivity contribution in [3.8, 4) is 23.8 Å². The molecular weight excluding hydrogens is 354 g/mol. The first-order valence-electron chi connectivity index (χ1n) is 9.13. The molecule has 5 heteroatoms. The van der Waals surface area contributed by atoms with Crippen molar-refractivity contribution in [2.24, 2.45) is 0 Å². The molecule has 0 aliphatic rings. The molecule has 1 heterocycles. The van der Waals surface area contributed by atoms with Crippen molar-refractivity contribution < 1.29 is 13.9 Å². The van der Waals surface area contributed by atoms with Crippen LogP contribution >= 0.6 is 0 Å². The highest BCUT2D eigenvalue weighted by Gasteiger charge is 2.06. The standard InChI is InChI=1S/C23H23NO4/c1-3-12-24(17-18-6-4-7-20(15-18)26-2)13-5-14-27-21-10-8-19-9-11-23(25)28-22(19)16-21/h1,4,6-11,15-16H,5,12-14,17H2,2H3. The maximum absolute atomic E-state index is 11.3. The van der Waals surface area contributed by atoms with E-state index in [4.69, 9.17) is 20.3 Å². The minimum atomic E-state index is -0.368. The lowest BCUT2D eigenvalue weighted by Crippen LogP contribution is -2.26. The molecule has 0 atom stereocenters. The van der Waals surface area contributed by atoms with Crippen LogP contribution in [-0.4, -0.2) is 31.7 Å². The Morgan fingerprint density at radius 3 is 2.79 bits per heavy atom. The second-order valence-electron chi connectivity index (χ2n) is 6.42. The Morgan fingerprint density at radius 2 is 1.96 bits per heavy atom. The zero-order valence-corrected chi connectivity index (χ0v) is 15.9. The number of methoxy groups -OCH3 is 1. The highest BCUT2D eigenvalue weighted by molar-refractivity contribution is 5.77. The fourth-order valence-electron chi connectivity index (χ4n) is 2.98. The Morgan fingerprint density at radius 1 is 1.11 bits per heavy atom. The van der Waals surface area contributed by atoms with Crippen molar-refractivity contribution in [2.75, 3.05) is 26.8 Å². The number of fused-ring (bicyclic) bond motifs is 1. The average Bonchev–Trinajstić information content (AvgIpc) is 2.71. The van der Waals surface area contributed by atoms with E-state index in [2.05, 4.69) is 16.9 Å². The van der Waals surface area contributed by atoms with Gasteiger partial charge in [-0.2, -0.15) is 0 Å². The van der Waals surface area contributed by atoms with E-state index in [0.717, 1.165) is 36.2 Å². The number of hydrogen-bond donors (Lipinski definition) is 0. The summed E-state index contributed by atoms with van der Waals surface area (Å²) in [6, 6.07) is 16.6. The average molecular weight is 377 g/mol. The summed E-state index contributed by atoms with van der Waals surface area (Å²) in [5, 5.41) is 0.866. The van der Waals surface area contributed by atoms with E-state index in [1.807, 2.05) is 30.3 Å². The second-order valence-corrected chi connectivity index (χ2v) is 6.42. The first kappa shape index (κ1) is 19.5. The van der Waals surface area contributed by atoms with Crippen molar-refractivity contribution in [2.45, 2.75) is 13.0 Å². The fourth-order valence-corrected chi connectivity index (χ4v) is 2.98. The largest absolute Gasteiger partial charge is 0.497 e. The molecule has 0 fully saturated rings. The molecule has 1 aromatic heterocycles. The van der Waals surface area contributed by atoms with Gasteiger partial charge in [0.15, 0.2) is 0 Å². The Hall–Kier alpha value is -3.23. The molecule has 0 bridgehead atoms. The summed E-state index contributed by atoms with van der Waals surface area (Å²) in [5.41, 5.74) is 1.31. The van der Waals surface area contributed by atoms with Crippen molar-refractivity contribution in [1.82, 2.24) is 4.90 Å². The van der Waals surface area contributed by atoms with E-state index >= 15 is 0 Å². The third kappa shape index (κ3) is 5.38. The number of hydrogen-bond acceptors (Lipinski definition) is 5. The highest BCUT2D eigenvalue weighted by Crippen LogP contribution is 2.19. The van der Waals surface area contributed by atoms with E-state index in [-0.39, 0.29) is 5.63 Å². The van der Waals surface area contributed by atoms with Crippen LogP contribution in [0.25, 0.3) is 11.0 Å². The molecule has 3 rings (SSSR count). The maximum Gasteiger partial charge on any atom is 0.336 e. The van der Waals surface area contributed by atoms with Crippen molar-refractivity contribution in [3.05, 3.63) is 70.6 Å². The van der Waals surface area contributed by atoms with Crippen molar-refractivity contribution in [1.29, 1.82) is 0 Å². The quantitative estimate of drug-likeness (QED) is 0.323. The number of terminal acetylenes is 1. The Bertz CT molecular complexity index is 1020. The van der Waals surface area contributed by atoms with E-state index in [1.165, 1.54) is 6.07 Å². The Kier molecular flexibility index (Phi) is 6.72. The van der Waals surface area contributed by atoms with Gasteiger partial charge in [0.1, 0.15) is 17.1 Å². The molecule has 0 amide bonds. The number of rotatable bonds is 9. The van der Waals surface area contributed by atoms with Crippen molar-refractivity contribution >= 4 is 11.0 Å². The summed E-state index contributed by atoms with van der Waals surface area (Å²) in [6.45, 7) is 2.67. The van der Waals surface area contributed by atoms with Gasteiger partial charge in [0.2, 0.25) is 0 Å². The molecule has 0 unspecified atom stereocenters. The van der Waals surface area contributed by atoms with Crippen molar-refractivity contribution in [3.63, 3.8) is 0 Å². The van der Waals surface area contributed by atoms with E-state index in [0.29, 0.717) is 24.5 Å². The maximum atomic E-state index is 11.3. The number of ether oxygens (including phenoxy) is 2. The van der Waals surface area contributed by atoms with E-state index in [9.17, 15) is 4.79 Å². The van der Waals surface area contributed by atoms with Gasteiger partial charge in [-0.1, -0.05) is 18.1 Å². The molecule has 3 aromatic rings. The van der Waals surface area contributed by atoms with E-state index < -0.39 is 0 Å². The predicted molar refractivity (Wildman–Crippen MR) is 110 cm³/mol. The minimum Gasteiger partial charge on any atom is -0.497 e. The molecule has 0 aliphatic heterocycles. The minimum absolute atomic E-state index is 0.368. The van der Waals surface area contributed by atoms with Gasteiger partial charge in [0.05, 0.1) is 20.3 Å². The summed E-state index contributed by atoms with van der Waals surface area (Å²) in [6.07, 6.45) is 6.34. The van der Waals surface area contributed by atoms with Gasteiger partial charge in [0.25, 0.3) is 0 Å². The van der Waals surface area contributed by atoms with Crippen LogP contribution in [0.2, 0.25) is 0 Å². The first-order chi connectivity index (χ1) is 13.7. The van der Waals surface area contributed by atoms with Gasteiger partial charge in [-0.3, -0.25) is 4.90 Å². The number of benzene rings is 2. The fraction of sp³-hybridized carbons (Fsp3) is 0.261. The van der Waals surface area contributed by atoms with Gasteiger partial charge in [0, 0.05) is 30.6 Å². The molecule has 0 spiro atoms. The van der Waals surface area contributed by atoms with Gasteiger partial charge < -0.3 is 13.9 Å². The molecule has 2 aromatic carbocycles. The van der Waals surface area contributed by atoms with Gasteiger partial charge >= 0.3 is 5.63 Å². The zero-order valence-electron chi connectivity index (χ0n) is 15.9. The molecule has 28 heavy (non-hydrogen) atoms. The molecule has 0 radical (unpaired) electrons. The summed E-state index contributed by atoms with van der Waals surface area (Å²) in [7, 11) is 1.66. The van der Waals surface area contributed by atoms with Gasteiger partial charge in [-0.25, -0.2) is 4.79 Å². The summed E-state index contributed by atoms with van der Waals surface area (Å²) < 4.78 is 16.3. The van der Waals surface area contributed by atoms with Crippen LogP contribution in [0.5, 0.6) is 11.5 Å². The SMILES string of the molecule is C#CCN(CCCOc1ccc2ccc(=O)oc2c1)Cc1cccc(OC)c1. The molecular formula is C23H23NO4. The van der Waals surface area contributed by atoms with Crippen LogP contribution in [0.4, 0.5) is 0 Å². The lowest BCUT2D eigenvalue weighted by molar-refractivity contribution is 0.246. The topological polar surface area (TPSA) is 51.9 Å². The molecule has 0 saturated carbocycles. The second kappa shape index (κ2) is 9.63. The molecule has 5 nitrogen and oxygen atoms in total. The van der Waals surface area contributed by atoms with Crippen LogP contribution in [0.15, 0.2) is 63.8 Å². The van der Waals surface area contributed by atoms with Gasteiger partial charge in [-0.05, 0) is 42.3 Å². The lowest BCUT2D eigenvalue weighted by atomic mass is 10.2. The molecule has 0 aliphatic carbocycles. The lowest BCUT2D eigenvalue weighted by Gasteiger charge is -2.20. The zero-order chi connectivity index (χ0) is 19.8. The van der Waals surface area contributed by atoms with Crippen LogP contribution in [0, 0.1) is 12.3 Å². The third-order valence-electron chi connectivity index (χ3n) is 4.34. The summed E-state index contributed by atoms with van der Waals surface area (Å²) in [5.74, 6) is 4.23. The Balaban J connectivity index is 1.53. The molecule has 144 valence electrons. The van der Waals surface area contributed by atoms with Gasteiger partial charge in [-0.15, -0.1) is 6.42 Å².